The highest BCUT2D eigenvalue weighted by atomic mass is 16.5. The zero-order valence-corrected chi connectivity index (χ0v) is 18.9. The molecule has 0 unspecified atom stereocenters. The van der Waals surface area contributed by atoms with Gasteiger partial charge < -0.3 is 4.74 Å². The third-order valence-corrected chi connectivity index (χ3v) is 6.05. The number of nitrogens with zero attached hydrogens (tertiary/aromatic N) is 1. The van der Waals surface area contributed by atoms with E-state index in [-0.39, 0.29) is 5.54 Å². The topological polar surface area (TPSA) is 13.1 Å². The highest BCUT2D eigenvalue weighted by Crippen LogP contribution is 2.48. The Bertz CT molecular complexity index is 1310. The van der Waals surface area contributed by atoms with Gasteiger partial charge in [-0.1, -0.05) is 42.5 Å². The van der Waals surface area contributed by atoms with Crippen LogP contribution in [0.2, 0.25) is 0 Å². The van der Waals surface area contributed by atoms with Crippen LogP contribution < -0.4 is 9.30 Å². The lowest BCUT2D eigenvalue weighted by Gasteiger charge is -2.19. The van der Waals surface area contributed by atoms with Crippen LogP contribution in [0.15, 0.2) is 79.0 Å². The molecule has 0 bridgehead atoms. The summed E-state index contributed by atoms with van der Waals surface area (Å²) in [5, 5.41) is 0. The van der Waals surface area contributed by atoms with Crippen molar-refractivity contribution in [2.75, 3.05) is 0 Å². The number of hydrogen-bond donors (Lipinski definition) is 0. The fraction of sp³-hybridized carbons (Fsp3) is 0.207. The van der Waals surface area contributed by atoms with Crippen molar-refractivity contribution in [3.05, 3.63) is 90.1 Å². The van der Waals surface area contributed by atoms with E-state index in [1.165, 1.54) is 33.5 Å². The van der Waals surface area contributed by atoms with Crippen LogP contribution in [-0.4, -0.2) is 0 Å². The third-order valence-electron chi connectivity index (χ3n) is 6.05. The summed E-state index contributed by atoms with van der Waals surface area (Å²) >= 11 is 0. The van der Waals surface area contributed by atoms with Crippen molar-refractivity contribution < 1.29 is 9.30 Å². The summed E-state index contributed by atoms with van der Waals surface area (Å²) in [6.45, 7) is 11.1. The SMILES string of the molecule is Cc1cc[n+](C(C)(C)C)c(-c2cc3c(cc2C)-c2ccccc2-c2ccccc2O3)c1. The molecular weight excluding hydrogens is 378 g/mol. The Hall–Kier alpha value is -3.39. The van der Waals surface area contributed by atoms with Crippen LogP contribution in [0.4, 0.5) is 0 Å². The Balaban J connectivity index is 1.79. The summed E-state index contributed by atoms with van der Waals surface area (Å²) in [5.41, 5.74) is 9.58. The van der Waals surface area contributed by atoms with E-state index in [1.54, 1.807) is 0 Å². The zero-order valence-electron chi connectivity index (χ0n) is 18.9. The second kappa shape index (κ2) is 7.09. The van der Waals surface area contributed by atoms with Crippen molar-refractivity contribution >= 4 is 0 Å². The maximum absolute atomic E-state index is 6.55. The van der Waals surface area contributed by atoms with Crippen LogP contribution in [0.25, 0.3) is 33.5 Å². The first-order valence-corrected chi connectivity index (χ1v) is 10.9. The molecule has 1 aromatic heterocycles. The molecule has 0 aliphatic carbocycles. The summed E-state index contributed by atoms with van der Waals surface area (Å²) in [6.07, 6.45) is 2.20. The van der Waals surface area contributed by atoms with Gasteiger partial charge >= 0.3 is 0 Å². The molecule has 31 heavy (non-hydrogen) atoms. The van der Waals surface area contributed by atoms with Gasteiger partial charge in [-0.25, -0.2) is 0 Å². The summed E-state index contributed by atoms with van der Waals surface area (Å²) in [4.78, 5) is 0. The van der Waals surface area contributed by atoms with Gasteiger partial charge in [0, 0.05) is 44.0 Å². The van der Waals surface area contributed by atoms with E-state index in [0.29, 0.717) is 0 Å². The van der Waals surface area contributed by atoms with Crippen LogP contribution in [0.5, 0.6) is 11.5 Å². The molecule has 0 amide bonds. The number of para-hydroxylation sites is 1. The van der Waals surface area contributed by atoms with Gasteiger partial charge in [0.1, 0.15) is 11.5 Å². The van der Waals surface area contributed by atoms with Crippen molar-refractivity contribution in [1.82, 2.24) is 0 Å². The molecule has 0 spiro atoms. The van der Waals surface area contributed by atoms with Crippen molar-refractivity contribution in [2.45, 2.75) is 40.2 Å². The average molecular weight is 407 g/mol. The Morgan fingerprint density at radius 3 is 2.00 bits per heavy atom. The lowest BCUT2D eigenvalue weighted by Crippen LogP contribution is -2.51. The largest absolute Gasteiger partial charge is 0.456 e. The van der Waals surface area contributed by atoms with Crippen molar-refractivity contribution in [3.63, 3.8) is 0 Å². The minimum Gasteiger partial charge on any atom is -0.456 e. The zero-order chi connectivity index (χ0) is 21.8. The van der Waals surface area contributed by atoms with Gasteiger partial charge in [0.05, 0.1) is 5.56 Å². The predicted molar refractivity (Wildman–Crippen MR) is 127 cm³/mol. The molecule has 1 aliphatic rings. The standard InChI is InChI=1S/C29H28NO/c1-19-14-15-30(29(3,4)5)26(16-19)24-18-28-25(17-20(24)2)22-11-7-6-10-21(22)23-12-8-9-13-27(23)31-28/h6-18H,1-5H3/q+1. The molecule has 5 rings (SSSR count). The monoisotopic (exact) mass is 406 g/mol. The molecule has 0 saturated carbocycles. The highest BCUT2D eigenvalue weighted by molar-refractivity contribution is 5.91. The number of pyridine rings is 1. The second-order valence-electron chi connectivity index (χ2n) is 9.44. The first-order valence-electron chi connectivity index (χ1n) is 10.9. The first-order chi connectivity index (χ1) is 14.8. The maximum Gasteiger partial charge on any atom is 0.213 e. The Morgan fingerprint density at radius 2 is 1.29 bits per heavy atom. The fourth-order valence-electron chi connectivity index (χ4n) is 4.51. The summed E-state index contributed by atoms with van der Waals surface area (Å²) in [6, 6.07) is 25.9. The maximum atomic E-state index is 6.55. The molecule has 4 aromatic rings. The minimum absolute atomic E-state index is 0.0255. The molecule has 0 N–H and O–H groups in total. The van der Waals surface area contributed by atoms with E-state index >= 15 is 0 Å². The Labute approximate surface area is 184 Å². The molecule has 2 heteroatoms. The van der Waals surface area contributed by atoms with E-state index in [9.17, 15) is 0 Å². The van der Waals surface area contributed by atoms with Crippen LogP contribution in [0.3, 0.4) is 0 Å². The first kappa shape index (κ1) is 19.6. The lowest BCUT2D eigenvalue weighted by atomic mass is 9.91. The molecule has 0 fully saturated rings. The smallest absolute Gasteiger partial charge is 0.213 e. The number of ether oxygens (including phenoxy) is 1. The quantitative estimate of drug-likeness (QED) is 0.263. The number of aryl methyl sites for hydroxylation is 2. The summed E-state index contributed by atoms with van der Waals surface area (Å²) < 4.78 is 8.90. The normalized spacial score (nSPS) is 12.3. The van der Waals surface area contributed by atoms with Crippen molar-refractivity contribution in [2.24, 2.45) is 0 Å². The van der Waals surface area contributed by atoms with E-state index in [1.807, 2.05) is 6.07 Å². The van der Waals surface area contributed by atoms with E-state index in [2.05, 4.69) is 112 Å². The number of hydrogen-bond acceptors (Lipinski definition) is 1. The van der Waals surface area contributed by atoms with Crippen LogP contribution in [0.1, 0.15) is 31.9 Å². The van der Waals surface area contributed by atoms with Gasteiger partial charge in [-0.05, 0) is 54.3 Å². The molecule has 0 saturated heterocycles. The van der Waals surface area contributed by atoms with Gasteiger partial charge in [0.25, 0.3) is 0 Å². The number of fused-ring (bicyclic) bond motifs is 5. The average Bonchev–Trinajstić information content (AvgIpc) is 2.87. The van der Waals surface area contributed by atoms with Crippen molar-refractivity contribution in [3.8, 4) is 45.0 Å². The molecule has 0 atom stereocenters. The van der Waals surface area contributed by atoms with Crippen molar-refractivity contribution in [1.29, 1.82) is 0 Å². The van der Waals surface area contributed by atoms with Crippen LogP contribution in [-0.2, 0) is 5.54 Å². The molecule has 3 aromatic carbocycles. The number of benzene rings is 3. The van der Waals surface area contributed by atoms with Gasteiger partial charge in [-0.2, -0.15) is 4.57 Å². The van der Waals surface area contributed by atoms with Gasteiger partial charge in [0.15, 0.2) is 11.7 Å². The Morgan fingerprint density at radius 1 is 0.645 bits per heavy atom. The third kappa shape index (κ3) is 3.33. The van der Waals surface area contributed by atoms with E-state index < -0.39 is 0 Å². The molecule has 154 valence electrons. The molecular formula is C29H28NO+. The number of rotatable bonds is 1. The lowest BCUT2D eigenvalue weighted by molar-refractivity contribution is -0.744. The van der Waals surface area contributed by atoms with Gasteiger partial charge in [-0.3, -0.25) is 0 Å². The Kier molecular flexibility index (Phi) is 4.48. The van der Waals surface area contributed by atoms with Crippen LogP contribution >= 0.6 is 0 Å². The molecule has 1 aliphatic heterocycles. The van der Waals surface area contributed by atoms with Gasteiger partial charge in [-0.15, -0.1) is 0 Å². The summed E-state index contributed by atoms with van der Waals surface area (Å²) in [7, 11) is 0. The fourth-order valence-corrected chi connectivity index (χ4v) is 4.51. The van der Waals surface area contributed by atoms with E-state index in [4.69, 9.17) is 4.74 Å². The molecule has 0 radical (unpaired) electrons. The second-order valence-corrected chi connectivity index (χ2v) is 9.44. The summed E-state index contributed by atoms with van der Waals surface area (Å²) in [5.74, 6) is 1.80. The minimum atomic E-state index is -0.0255. The number of aromatic nitrogens is 1. The van der Waals surface area contributed by atoms with Crippen LogP contribution in [0, 0.1) is 13.8 Å². The molecule has 2 nitrogen and oxygen atoms in total. The van der Waals surface area contributed by atoms with Gasteiger partial charge in [0.2, 0.25) is 5.69 Å². The highest BCUT2D eigenvalue weighted by Gasteiger charge is 2.29. The van der Waals surface area contributed by atoms with E-state index in [0.717, 1.165) is 22.6 Å². The molecule has 2 heterocycles. The predicted octanol–water partition coefficient (Wildman–Crippen LogP) is 7.45.